The van der Waals surface area contributed by atoms with Crippen molar-refractivity contribution in [2.24, 2.45) is 5.73 Å². The first-order valence-corrected chi connectivity index (χ1v) is 6.09. The molecule has 1 aromatic heterocycles. The third kappa shape index (κ3) is 2.62. The number of benzene rings is 1. The molecule has 0 aliphatic carbocycles. The Morgan fingerprint density at radius 2 is 2.05 bits per heavy atom. The summed E-state index contributed by atoms with van der Waals surface area (Å²) in [5, 5.41) is 6.35. The zero-order valence-corrected chi connectivity index (χ0v) is 11.8. The lowest BCUT2D eigenvalue weighted by Crippen LogP contribution is -2.23. The summed E-state index contributed by atoms with van der Waals surface area (Å²) in [7, 11) is 3.11. The van der Waals surface area contributed by atoms with Crippen LogP contribution in [0.4, 0.5) is 0 Å². The smallest absolute Gasteiger partial charge is 0.274 e. The van der Waals surface area contributed by atoms with Crippen molar-refractivity contribution in [3.63, 3.8) is 0 Å². The molecule has 104 valence electrons. The van der Waals surface area contributed by atoms with Gasteiger partial charge in [0, 0.05) is 11.6 Å². The molecule has 0 atom stereocenters. The van der Waals surface area contributed by atoms with Crippen molar-refractivity contribution in [3.8, 4) is 22.8 Å². The van der Waals surface area contributed by atoms with E-state index in [-0.39, 0.29) is 10.6 Å². The molecular weight excluding hydrogens is 278 g/mol. The van der Waals surface area contributed by atoms with Crippen LogP contribution in [0.25, 0.3) is 11.3 Å². The molecule has 0 aliphatic heterocycles. The van der Waals surface area contributed by atoms with Crippen LogP contribution in [-0.2, 0) is 0 Å². The number of ether oxygens (including phenoxy) is 2. The van der Waals surface area contributed by atoms with E-state index in [1.54, 1.807) is 32.4 Å². The molecule has 6 nitrogen and oxygen atoms in total. The van der Waals surface area contributed by atoms with Gasteiger partial charge in [0.1, 0.15) is 16.5 Å². The summed E-state index contributed by atoms with van der Waals surface area (Å²) in [5.41, 5.74) is 6.50. The number of nitrogens with zero attached hydrogens (tertiary/aromatic N) is 1. The predicted octanol–water partition coefficient (Wildman–Crippen LogP) is 1.09. The summed E-state index contributed by atoms with van der Waals surface area (Å²) < 4.78 is 10.4. The summed E-state index contributed by atoms with van der Waals surface area (Å²) in [5.74, 6) is 1.22. The molecule has 1 heterocycles. The Kier molecular flexibility index (Phi) is 3.99. The van der Waals surface area contributed by atoms with Crippen molar-refractivity contribution >= 4 is 17.2 Å². The van der Waals surface area contributed by atoms with E-state index in [2.05, 4.69) is 10.2 Å². The fourth-order valence-corrected chi connectivity index (χ4v) is 1.89. The van der Waals surface area contributed by atoms with Crippen molar-refractivity contribution < 1.29 is 9.47 Å². The van der Waals surface area contributed by atoms with Crippen molar-refractivity contribution in [2.75, 3.05) is 14.2 Å². The maximum absolute atomic E-state index is 11.6. The molecule has 2 rings (SSSR count). The highest BCUT2D eigenvalue weighted by atomic mass is 32.1. The predicted molar refractivity (Wildman–Crippen MR) is 79.3 cm³/mol. The van der Waals surface area contributed by atoms with Crippen molar-refractivity contribution in [1.29, 1.82) is 0 Å². The number of hydrogen-bond donors (Lipinski definition) is 2. The van der Waals surface area contributed by atoms with Gasteiger partial charge in [-0.2, -0.15) is 5.10 Å². The second kappa shape index (κ2) is 5.70. The molecule has 0 spiro atoms. The highest BCUT2D eigenvalue weighted by molar-refractivity contribution is 7.80. The number of aromatic amines is 1. The Labute approximate surface area is 120 Å². The summed E-state index contributed by atoms with van der Waals surface area (Å²) in [6.07, 6.45) is 0. The van der Waals surface area contributed by atoms with E-state index in [1.165, 1.54) is 6.07 Å². The van der Waals surface area contributed by atoms with Crippen LogP contribution in [0.5, 0.6) is 11.5 Å². The number of rotatable bonds is 4. The average molecular weight is 291 g/mol. The molecule has 7 heteroatoms. The van der Waals surface area contributed by atoms with Gasteiger partial charge in [-0.25, -0.2) is 5.10 Å². The van der Waals surface area contributed by atoms with Crippen LogP contribution in [0.15, 0.2) is 29.1 Å². The summed E-state index contributed by atoms with van der Waals surface area (Å²) in [6, 6.07) is 6.81. The van der Waals surface area contributed by atoms with Gasteiger partial charge in [-0.3, -0.25) is 4.79 Å². The molecule has 0 amide bonds. The van der Waals surface area contributed by atoms with Crippen molar-refractivity contribution in [3.05, 3.63) is 40.2 Å². The Morgan fingerprint density at radius 1 is 1.30 bits per heavy atom. The topological polar surface area (TPSA) is 90.2 Å². The van der Waals surface area contributed by atoms with Gasteiger partial charge in [-0.1, -0.05) is 12.2 Å². The molecule has 2 aromatic rings. The highest BCUT2D eigenvalue weighted by Crippen LogP contribution is 2.31. The molecule has 3 N–H and O–H groups in total. The van der Waals surface area contributed by atoms with E-state index in [0.29, 0.717) is 22.8 Å². The van der Waals surface area contributed by atoms with Crippen LogP contribution in [0.2, 0.25) is 0 Å². The fourth-order valence-electron chi connectivity index (χ4n) is 1.74. The molecule has 0 aliphatic rings. The van der Waals surface area contributed by atoms with E-state index in [9.17, 15) is 4.79 Å². The molecule has 20 heavy (non-hydrogen) atoms. The first kappa shape index (κ1) is 14.0. The molecule has 0 saturated heterocycles. The minimum atomic E-state index is -0.422. The van der Waals surface area contributed by atoms with Crippen LogP contribution in [0.1, 0.15) is 5.56 Å². The minimum absolute atomic E-state index is 0.0161. The second-order valence-electron chi connectivity index (χ2n) is 3.93. The Morgan fingerprint density at radius 3 is 2.65 bits per heavy atom. The molecule has 0 fully saturated rings. The van der Waals surface area contributed by atoms with Crippen molar-refractivity contribution in [2.45, 2.75) is 0 Å². The lowest BCUT2D eigenvalue weighted by atomic mass is 10.1. The first-order chi connectivity index (χ1) is 9.56. The number of thiocarbonyl (C=S) groups is 1. The fraction of sp³-hybridized carbons (Fsp3) is 0.154. The molecular formula is C13H13N3O3S. The lowest BCUT2D eigenvalue weighted by Gasteiger charge is -2.10. The van der Waals surface area contributed by atoms with Gasteiger partial charge in [0.15, 0.2) is 0 Å². The average Bonchev–Trinajstić information content (AvgIpc) is 2.46. The Balaban J connectivity index is 2.59. The van der Waals surface area contributed by atoms with E-state index >= 15 is 0 Å². The van der Waals surface area contributed by atoms with E-state index in [0.717, 1.165) is 0 Å². The molecule has 0 radical (unpaired) electrons. The van der Waals surface area contributed by atoms with E-state index in [4.69, 9.17) is 27.4 Å². The number of nitrogens with two attached hydrogens (primary N) is 1. The first-order valence-electron chi connectivity index (χ1n) is 5.68. The van der Waals surface area contributed by atoms with Crippen LogP contribution >= 0.6 is 12.2 Å². The summed E-state index contributed by atoms with van der Waals surface area (Å²) in [4.78, 5) is 11.6. The number of hydrogen-bond acceptors (Lipinski definition) is 5. The van der Waals surface area contributed by atoms with Crippen LogP contribution in [0.3, 0.4) is 0 Å². The van der Waals surface area contributed by atoms with Gasteiger partial charge in [-0.15, -0.1) is 0 Å². The number of methoxy groups -OCH3 is 2. The van der Waals surface area contributed by atoms with Crippen LogP contribution < -0.4 is 20.8 Å². The minimum Gasteiger partial charge on any atom is -0.497 e. The zero-order chi connectivity index (χ0) is 14.7. The molecule has 0 unspecified atom stereocenters. The van der Waals surface area contributed by atoms with Gasteiger partial charge < -0.3 is 15.2 Å². The van der Waals surface area contributed by atoms with Gasteiger partial charge in [-0.05, 0) is 18.2 Å². The third-order valence-corrected chi connectivity index (χ3v) is 2.97. The number of H-pyrrole nitrogens is 1. The van der Waals surface area contributed by atoms with Gasteiger partial charge in [0.25, 0.3) is 5.56 Å². The monoisotopic (exact) mass is 291 g/mol. The van der Waals surface area contributed by atoms with Crippen LogP contribution in [-0.4, -0.2) is 29.4 Å². The number of nitrogens with one attached hydrogen (secondary N) is 1. The third-order valence-electron chi connectivity index (χ3n) is 2.75. The van der Waals surface area contributed by atoms with Gasteiger partial charge >= 0.3 is 0 Å². The van der Waals surface area contributed by atoms with E-state index in [1.807, 2.05) is 0 Å². The largest absolute Gasteiger partial charge is 0.497 e. The summed E-state index contributed by atoms with van der Waals surface area (Å²) >= 11 is 4.84. The van der Waals surface area contributed by atoms with Gasteiger partial charge in [0.2, 0.25) is 0 Å². The lowest BCUT2D eigenvalue weighted by molar-refractivity contribution is 0.395. The Hall–Kier alpha value is -2.41. The standard InChI is InChI=1S/C13H13N3O3S/c1-18-7-3-4-8(11(5-7)19-2)10-6-9(12(14)20)13(17)16-15-10/h3-6H,1-2H3,(H2,14,20)(H,16,17). The zero-order valence-electron chi connectivity index (χ0n) is 11.0. The molecule has 0 bridgehead atoms. The van der Waals surface area contributed by atoms with Gasteiger partial charge in [0.05, 0.1) is 25.5 Å². The number of aromatic nitrogens is 2. The normalized spacial score (nSPS) is 10.1. The Bertz CT molecular complexity index is 712. The maximum atomic E-state index is 11.6. The van der Waals surface area contributed by atoms with E-state index < -0.39 is 5.56 Å². The molecule has 1 aromatic carbocycles. The molecule has 0 saturated carbocycles. The summed E-state index contributed by atoms with van der Waals surface area (Å²) in [6.45, 7) is 0. The highest BCUT2D eigenvalue weighted by Gasteiger charge is 2.12. The SMILES string of the molecule is COc1ccc(-c2cc(C(N)=S)c(=O)[nH]n2)c(OC)c1. The van der Waals surface area contributed by atoms with Crippen LogP contribution in [0, 0.1) is 0 Å². The quantitative estimate of drug-likeness (QED) is 0.819. The second-order valence-corrected chi connectivity index (χ2v) is 4.37. The van der Waals surface area contributed by atoms with Crippen molar-refractivity contribution in [1.82, 2.24) is 10.2 Å². The maximum Gasteiger partial charge on any atom is 0.274 e.